The van der Waals surface area contributed by atoms with Gasteiger partial charge in [-0.25, -0.2) is 4.79 Å². The first-order chi connectivity index (χ1) is 7.69. The van der Waals surface area contributed by atoms with E-state index in [0.717, 1.165) is 6.20 Å². The molecule has 0 aliphatic carbocycles. The fraction of sp³-hybridized carbons (Fsp3) is 0.0909. The van der Waals surface area contributed by atoms with Gasteiger partial charge in [0.1, 0.15) is 5.70 Å². The highest BCUT2D eigenvalue weighted by atomic mass is 16.5. The SMILES string of the molecule is COC(=O)C(=CN)NC(=O)c1ccccc1. The van der Waals surface area contributed by atoms with Gasteiger partial charge in [-0.2, -0.15) is 0 Å². The number of carbonyl (C=O) groups excluding carboxylic acids is 2. The topological polar surface area (TPSA) is 81.4 Å². The lowest BCUT2D eigenvalue weighted by molar-refractivity contribution is -0.136. The lowest BCUT2D eigenvalue weighted by atomic mass is 10.2. The number of rotatable bonds is 3. The Balaban J connectivity index is 2.75. The van der Waals surface area contributed by atoms with Gasteiger partial charge in [-0.05, 0) is 12.1 Å². The van der Waals surface area contributed by atoms with Crippen molar-refractivity contribution in [1.29, 1.82) is 0 Å². The predicted octanol–water partition coefficient (Wildman–Crippen LogP) is 0.389. The summed E-state index contributed by atoms with van der Waals surface area (Å²) in [7, 11) is 1.21. The standard InChI is InChI=1S/C11H12N2O3/c1-16-11(15)9(7-12)13-10(14)8-5-3-2-4-6-8/h2-7H,12H2,1H3,(H,13,14). The predicted molar refractivity (Wildman–Crippen MR) is 58.2 cm³/mol. The molecule has 1 rings (SSSR count). The molecule has 1 aromatic rings. The zero-order valence-corrected chi connectivity index (χ0v) is 8.77. The lowest BCUT2D eigenvalue weighted by Gasteiger charge is -2.06. The summed E-state index contributed by atoms with van der Waals surface area (Å²) >= 11 is 0. The van der Waals surface area contributed by atoms with Crippen molar-refractivity contribution in [1.82, 2.24) is 5.32 Å². The van der Waals surface area contributed by atoms with Gasteiger partial charge < -0.3 is 15.8 Å². The lowest BCUT2D eigenvalue weighted by Crippen LogP contribution is -2.28. The number of esters is 1. The molecule has 84 valence electrons. The molecule has 0 aromatic heterocycles. The summed E-state index contributed by atoms with van der Waals surface area (Å²) in [5, 5.41) is 2.36. The molecule has 0 spiro atoms. The summed E-state index contributed by atoms with van der Waals surface area (Å²) in [4.78, 5) is 22.7. The van der Waals surface area contributed by atoms with E-state index in [2.05, 4.69) is 10.1 Å². The molecule has 0 aliphatic rings. The number of ether oxygens (including phenoxy) is 1. The summed E-state index contributed by atoms with van der Waals surface area (Å²) in [5.41, 5.74) is 5.55. The van der Waals surface area contributed by atoms with Crippen LogP contribution in [0, 0.1) is 0 Å². The normalized spacial score (nSPS) is 10.7. The summed E-state index contributed by atoms with van der Waals surface area (Å²) in [6.45, 7) is 0. The molecule has 5 heteroatoms. The van der Waals surface area contributed by atoms with Crippen LogP contribution >= 0.6 is 0 Å². The van der Waals surface area contributed by atoms with Crippen LogP contribution in [-0.2, 0) is 9.53 Å². The molecular weight excluding hydrogens is 208 g/mol. The highest BCUT2D eigenvalue weighted by Gasteiger charge is 2.13. The smallest absolute Gasteiger partial charge is 0.356 e. The number of hydrogen-bond acceptors (Lipinski definition) is 4. The van der Waals surface area contributed by atoms with Gasteiger partial charge in [-0.15, -0.1) is 0 Å². The molecule has 0 saturated heterocycles. The Labute approximate surface area is 92.9 Å². The average Bonchev–Trinajstić information content (AvgIpc) is 2.35. The molecule has 0 radical (unpaired) electrons. The molecule has 1 aromatic carbocycles. The molecule has 0 saturated carbocycles. The highest BCUT2D eigenvalue weighted by Crippen LogP contribution is 2.00. The summed E-state index contributed by atoms with van der Waals surface area (Å²) in [6, 6.07) is 8.48. The maximum absolute atomic E-state index is 11.6. The Bertz CT molecular complexity index is 412. The van der Waals surface area contributed by atoms with E-state index in [4.69, 9.17) is 5.73 Å². The van der Waals surface area contributed by atoms with E-state index in [0.29, 0.717) is 5.56 Å². The quantitative estimate of drug-likeness (QED) is 0.570. The minimum atomic E-state index is -0.688. The Morgan fingerprint density at radius 2 is 1.94 bits per heavy atom. The van der Waals surface area contributed by atoms with Crippen LogP contribution in [0.4, 0.5) is 0 Å². The van der Waals surface area contributed by atoms with Crippen LogP contribution in [0.2, 0.25) is 0 Å². The van der Waals surface area contributed by atoms with Crippen LogP contribution in [0.1, 0.15) is 10.4 Å². The minimum absolute atomic E-state index is 0.0867. The van der Waals surface area contributed by atoms with E-state index in [1.807, 2.05) is 0 Å². The molecule has 16 heavy (non-hydrogen) atoms. The molecule has 0 atom stereocenters. The van der Waals surface area contributed by atoms with Crippen molar-refractivity contribution in [2.45, 2.75) is 0 Å². The number of amides is 1. The second kappa shape index (κ2) is 5.55. The molecule has 1 amide bonds. The summed E-state index contributed by atoms with van der Waals surface area (Å²) < 4.78 is 4.44. The second-order valence-corrected chi connectivity index (χ2v) is 2.89. The van der Waals surface area contributed by atoms with E-state index in [1.165, 1.54) is 7.11 Å². The van der Waals surface area contributed by atoms with Crippen LogP contribution in [0.3, 0.4) is 0 Å². The number of carbonyl (C=O) groups is 2. The molecule has 0 unspecified atom stereocenters. The van der Waals surface area contributed by atoms with E-state index < -0.39 is 11.9 Å². The van der Waals surface area contributed by atoms with Gasteiger partial charge in [-0.3, -0.25) is 4.79 Å². The van der Waals surface area contributed by atoms with Crippen molar-refractivity contribution >= 4 is 11.9 Å². The van der Waals surface area contributed by atoms with Crippen molar-refractivity contribution < 1.29 is 14.3 Å². The zero-order chi connectivity index (χ0) is 12.0. The molecule has 0 heterocycles. The van der Waals surface area contributed by atoms with E-state index >= 15 is 0 Å². The Kier molecular flexibility index (Phi) is 4.08. The first kappa shape index (κ1) is 11.8. The number of methoxy groups -OCH3 is 1. The summed E-state index contributed by atoms with van der Waals surface area (Å²) in [6.07, 6.45) is 0.993. The van der Waals surface area contributed by atoms with E-state index in [9.17, 15) is 9.59 Å². The third-order valence-corrected chi connectivity index (χ3v) is 1.86. The van der Waals surface area contributed by atoms with Gasteiger partial charge in [0.2, 0.25) is 0 Å². The molecule has 0 fully saturated rings. The van der Waals surface area contributed by atoms with E-state index in [-0.39, 0.29) is 5.70 Å². The Morgan fingerprint density at radius 3 is 2.44 bits per heavy atom. The van der Waals surface area contributed by atoms with Gasteiger partial charge in [0.15, 0.2) is 0 Å². The van der Waals surface area contributed by atoms with Crippen molar-refractivity contribution in [3.63, 3.8) is 0 Å². The van der Waals surface area contributed by atoms with Gasteiger partial charge in [0.05, 0.1) is 7.11 Å². The van der Waals surface area contributed by atoms with Gasteiger partial charge >= 0.3 is 5.97 Å². The second-order valence-electron chi connectivity index (χ2n) is 2.89. The van der Waals surface area contributed by atoms with E-state index in [1.54, 1.807) is 30.3 Å². The Morgan fingerprint density at radius 1 is 1.31 bits per heavy atom. The maximum atomic E-state index is 11.6. The van der Waals surface area contributed by atoms with Crippen molar-refractivity contribution in [2.75, 3.05) is 7.11 Å². The van der Waals surface area contributed by atoms with Gasteiger partial charge in [0.25, 0.3) is 5.91 Å². The third-order valence-electron chi connectivity index (χ3n) is 1.86. The van der Waals surface area contributed by atoms with Crippen molar-refractivity contribution in [3.8, 4) is 0 Å². The monoisotopic (exact) mass is 220 g/mol. The first-order valence-corrected chi connectivity index (χ1v) is 4.55. The number of hydrogen-bond donors (Lipinski definition) is 2. The van der Waals surface area contributed by atoms with Crippen molar-refractivity contribution in [2.24, 2.45) is 5.73 Å². The number of nitrogens with two attached hydrogens (primary N) is 1. The average molecular weight is 220 g/mol. The zero-order valence-electron chi connectivity index (χ0n) is 8.77. The van der Waals surface area contributed by atoms with Crippen LogP contribution < -0.4 is 11.1 Å². The van der Waals surface area contributed by atoms with Crippen LogP contribution in [0.15, 0.2) is 42.2 Å². The molecule has 0 bridgehead atoms. The fourth-order valence-corrected chi connectivity index (χ4v) is 1.05. The maximum Gasteiger partial charge on any atom is 0.356 e. The van der Waals surface area contributed by atoms with Crippen LogP contribution in [0.5, 0.6) is 0 Å². The van der Waals surface area contributed by atoms with Crippen LogP contribution in [-0.4, -0.2) is 19.0 Å². The van der Waals surface area contributed by atoms with Crippen molar-refractivity contribution in [3.05, 3.63) is 47.8 Å². The van der Waals surface area contributed by atoms with Crippen LogP contribution in [0.25, 0.3) is 0 Å². The fourth-order valence-electron chi connectivity index (χ4n) is 1.05. The highest BCUT2D eigenvalue weighted by molar-refractivity contribution is 6.00. The first-order valence-electron chi connectivity index (χ1n) is 4.55. The largest absolute Gasteiger partial charge is 0.464 e. The van der Waals surface area contributed by atoms with Gasteiger partial charge in [-0.1, -0.05) is 18.2 Å². The van der Waals surface area contributed by atoms with Gasteiger partial charge in [0, 0.05) is 11.8 Å². The molecule has 3 N–H and O–H groups in total. The Hall–Kier alpha value is -2.30. The molecular formula is C11H12N2O3. The minimum Gasteiger partial charge on any atom is -0.464 e. The number of nitrogens with one attached hydrogen (secondary N) is 1. The molecule has 0 aliphatic heterocycles. The summed E-state index contributed by atoms with van der Waals surface area (Å²) in [5.74, 6) is -1.10. The number of benzene rings is 1. The third kappa shape index (κ3) is 2.84. The molecule has 5 nitrogen and oxygen atoms in total.